The SMILES string of the molecule is O=C1C2CC3CC1CC(OCOC14CC5CC(C1)C(=O)C(C5)C4)(C3)C2. The molecule has 4 nitrogen and oxygen atoms in total. The minimum atomic E-state index is -0.0947. The van der Waals surface area contributed by atoms with E-state index in [4.69, 9.17) is 9.47 Å². The Labute approximate surface area is 149 Å². The summed E-state index contributed by atoms with van der Waals surface area (Å²) in [6, 6.07) is 0. The Morgan fingerprint density at radius 1 is 0.640 bits per heavy atom. The zero-order chi connectivity index (χ0) is 16.8. The lowest BCUT2D eigenvalue weighted by Crippen LogP contribution is -2.58. The van der Waals surface area contributed by atoms with Crippen LogP contribution in [-0.2, 0) is 19.1 Å². The molecule has 8 aliphatic rings. The second kappa shape index (κ2) is 4.95. The van der Waals surface area contributed by atoms with Crippen LogP contribution in [0.25, 0.3) is 0 Å². The Morgan fingerprint density at radius 2 is 1.00 bits per heavy atom. The first-order valence-corrected chi connectivity index (χ1v) is 10.4. The predicted molar refractivity (Wildman–Crippen MR) is 89.6 cm³/mol. The molecule has 4 heteroatoms. The van der Waals surface area contributed by atoms with Crippen molar-refractivity contribution in [3.63, 3.8) is 0 Å². The quantitative estimate of drug-likeness (QED) is 0.735. The fourth-order valence-corrected chi connectivity index (χ4v) is 7.98. The number of carbonyl (C=O) groups is 2. The lowest BCUT2D eigenvalue weighted by atomic mass is 9.53. The van der Waals surface area contributed by atoms with Gasteiger partial charge in [0.1, 0.15) is 18.4 Å². The van der Waals surface area contributed by atoms with E-state index in [9.17, 15) is 9.59 Å². The van der Waals surface area contributed by atoms with Crippen molar-refractivity contribution in [1.29, 1.82) is 0 Å². The van der Waals surface area contributed by atoms with Gasteiger partial charge < -0.3 is 9.47 Å². The van der Waals surface area contributed by atoms with Gasteiger partial charge in [-0.05, 0) is 76.0 Å². The first kappa shape index (κ1) is 15.3. The van der Waals surface area contributed by atoms with Crippen LogP contribution >= 0.6 is 0 Å². The molecule has 8 rings (SSSR count). The molecule has 0 heterocycles. The molecular formula is C21H28O4. The van der Waals surface area contributed by atoms with Crippen LogP contribution in [0.3, 0.4) is 0 Å². The van der Waals surface area contributed by atoms with Crippen molar-refractivity contribution in [2.45, 2.75) is 75.4 Å². The van der Waals surface area contributed by atoms with Crippen molar-refractivity contribution in [3.8, 4) is 0 Å². The van der Waals surface area contributed by atoms with E-state index in [-0.39, 0.29) is 34.9 Å². The Hall–Kier alpha value is -0.740. The largest absolute Gasteiger partial charge is 0.349 e. The van der Waals surface area contributed by atoms with Gasteiger partial charge in [0.2, 0.25) is 0 Å². The number of rotatable bonds is 4. The lowest BCUT2D eigenvalue weighted by molar-refractivity contribution is -0.253. The van der Waals surface area contributed by atoms with Gasteiger partial charge in [0.15, 0.2) is 0 Å². The molecule has 8 fully saturated rings. The van der Waals surface area contributed by atoms with Gasteiger partial charge in [-0.1, -0.05) is 0 Å². The molecular weight excluding hydrogens is 316 g/mol. The summed E-state index contributed by atoms with van der Waals surface area (Å²) in [7, 11) is 0. The molecule has 0 aromatic rings. The van der Waals surface area contributed by atoms with Crippen LogP contribution < -0.4 is 0 Å². The summed E-state index contributed by atoms with van der Waals surface area (Å²) in [6.07, 6.45) is 10.3. The van der Waals surface area contributed by atoms with Crippen molar-refractivity contribution in [1.82, 2.24) is 0 Å². The van der Waals surface area contributed by atoms with E-state index in [1.165, 1.54) is 0 Å². The number of hydrogen-bond donors (Lipinski definition) is 0. The molecule has 0 aromatic carbocycles. The third kappa shape index (κ3) is 2.19. The van der Waals surface area contributed by atoms with E-state index in [1.54, 1.807) is 0 Å². The Morgan fingerprint density at radius 3 is 1.36 bits per heavy atom. The van der Waals surface area contributed by atoms with E-state index in [0.717, 1.165) is 64.2 Å². The minimum absolute atomic E-state index is 0.0947. The molecule has 0 aromatic heterocycles. The van der Waals surface area contributed by atoms with Crippen LogP contribution in [0, 0.1) is 35.5 Å². The summed E-state index contributed by atoms with van der Waals surface area (Å²) < 4.78 is 12.8. The van der Waals surface area contributed by atoms with Crippen LogP contribution in [0.4, 0.5) is 0 Å². The van der Waals surface area contributed by atoms with Gasteiger partial charge in [-0.2, -0.15) is 0 Å². The fraction of sp³-hybridized carbons (Fsp3) is 0.905. The van der Waals surface area contributed by atoms with Gasteiger partial charge in [0, 0.05) is 23.7 Å². The maximum Gasteiger partial charge on any atom is 0.148 e. The molecule has 0 N–H and O–H groups in total. The third-order valence-corrected chi connectivity index (χ3v) is 8.61. The molecule has 0 spiro atoms. The van der Waals surface area contributed by atoms with Crippen LogP contribution in [0.2, 0.25) is 0 Å². The van der Waals surface area contributed by atoms with Gasteiger partial charge >= 0.3 is 0 Å². The van der Waals surface area contributed by atoms with Crippen LogP contribution in [0.5, 0.6) is 0 Å². The smallest absolute Gasteiger partial charge is 0.148 e. The number of ether oxygens (including phenoxy) is 2. The highest BCUT2D eigenvalue weighted by molar-refractivity contribution is 5.86. The van der Waals surface area contributed by atoms with Crippen molar-refractivity contribution in [2.24, 2.45) is 35.5 Å². The molecule has 4 unspecified atom stereocenters. The fourth-order valence-electron chi connectivity index (χ4n) is 7.98. The number of hydrogen-bond acceptors (Lipinski definition) is 4. The summed E-state index contributed by atoms with van der Waals surface area (Å²) in [5, 5.41) is 0. The first-order chi connectivity index (χ1) is 12.0. The summed E-state index contributed by atoms with van der Waals surface area (Å²) in [5.74, 6) is 3.41. The van der Waals surface area contributed by atoms with Crippen LogP contribution in [0.15, 0.2) is 0 Å². The molecule has 4 atom stereocenters. The van der Waals surface area contributed by atoms with Gasteiger partial charge in [-0.3, -0.25) is 9.59 Å². The lowest BCUT2D eigenvalue weighted by Gasteiger charge is -2.57. The molecule has 0 radical (unpaired) electrons. The maximum absolute atomic E-state index is 12.3. The summed E-state index contributed by atoms with van der Waals surface area (Å²) in [4.78, 5) is 24.7. The van der Waals surface area contributed by atoms with Gasteiger partial charge in [0.05, 0.1) is 11.2 Å². The van der Waals surface area contributed by atoms with Crippen molar-refractivity contribution in [3.05, 3.63) is 0 Å². The first-order valence-electron chi connectivity index (χ1n) is 10.4. The van der Waals surface area contributed by atoms with E-state index < -0.39 is 0 Å². The topological polar surface area (TPSA) is 52.6 Å². The van der Waals surface area contributed by atoms with E-state index in [2.05, 4.69) is 0 Å². The van der Waals surface area contributed by atoms with Crippen LogP contribution in [0.1, 0.15) is 64.2 Å². The highest BCUT2D eigenvalue weighted by atomic mass is 16.7. The zero-order valence-electron chi connectivity index (χ0n) is 14.9. The molecule has 8 bridgehead atoms. The monoisotopic (exact) mass is 344 g/mol. The second-order valence-corrected chi connectivity index (χ2v) is 10.3. The average Bonchev–Trinajstić information content (AvgIpc) is 2.55. The minimum Gasteiger partial charge on any atom is -0.349 e. The standard InChI is InChI=1S/C21H28O4/c22-18-14-1-12-2-15(18)8-20(5-12,7-14)24-11-25-21-6-13-3-16(9-21)19(23)17(4-13)10-21/h12-17H,1-11H2. The van der Waals surface area contributed by atoms with Crippen LogP contribution in [-0.4, -0.2) is 29.6 Å². The number of carbonyl (C=O) groups excluding carboxylic acids is 2. The van der Waals surface area contributed by atoms with Gasteiger partial charge in [-0.15, -0.1) is 0 Å². The normalized spacial score (nSPS) is 55.4. The highest BCUT2D eigenvalue weighted by Crippen LogP contribution is 2.57. The van der Waals surface area contributed by atoms with Crippen molar-refractivity contribution >= 4 is 11.6 Å². The van der Waals surface area contributed by atoms with Crippen molar-refractivity contribution in [2.75, 3.05) is 6.79 Å². The predicted octanol–water partition coefficient (Wildman–Crippen LogP) is 3.27. The molecule has 25 heavy (non-hydrogen) atoms. The third-order valence-electron chi connectivity index (χ3n) is 8.61. The second-order valence-electron chi connectivity index (χ2n) is 10.3. The molecule has 0 saturated heterocycles. The van der Waals surface area contributed by atoms with E-state index >= 15 is 0 Å². The molecule has 136 valence electrons. The van der Waals surface area contributed by atoms with Gasteiger partial charge in [0.25, 0.3) is 0 Å². The molecule has 8 aliphatic carbocycles. The Kier molecular flexibility index (Phi) is 3.03. The van der Waals surface area contributed by atoms with E-state index in [1.807, 2.05) is 0 Å². The van der Waals surface area contributed by atoms with Gasteiger partial charge in [-0.25, -0.2) is 0 Å². The van der Waals surface area contributed by atoms with E-state index in [0.29, 0.717) is 30.2 Å². The average molecular weight is 344 g/mol. The molecule has 0 amide bonds. The summed E-state index contributed by atoms with van der Waals surface area (Å²) in [6.45, 7) is 0.362. The Balaban J connectivity index is 1.14. The number of ketones is 2. The summed E-state index contributed by atoms with van der Waals surface area (Å²) >= 11 is 0. The summed E-state index contributed by atoms with van der Waals surface area (Å²) in [5.41, 5.74) is -0.189. The highest BCUT2D eigenvalue weighted by Gasteiger charge is 2.58. The molecule has 8 saturated carbocycles. The Bertz CT molecular complexity index is 550. The van der Waals surface area contributed by atoms with Crippen molar-refractivity contribution < 1.29 is 19.1 Å². The number of Topliss-reactive ketones (excluding diaryl/α,β-unsaturated/α-hetero) is 2. The molecule has 0 aliphatic heterocycles. The zero-order valence-corrected chi connectivity index (χ0v) is 14.9. The maximum atomic E-state index is 12.3.